The highest BCUT2D eigenvalue weighted by Crippen LogP contribution is 2.33. The fraction of sp³-hybridized carbons (Fsp3) is 0.652. The van der Waals surface area contributed by atoms with Crippen LogP contribution in [0.4, 0.5) is 0 Å². The van der Waals surface area contributed by atoms with Crippen molar-refractivity contribution in [2.24, 2.45) is 0 Å². The fourth-order valence-corrected chi connectivity index (χ4v) is 3.77. The van der Waals surface area contributed by atoms with Gasteiger partial charge in [-0.15, -0.1) is 0 Å². The van der Waals surface area contributed by atoms with Gasteiger partial charge in [0.25, 0.3) is 0 Å². The maximum Gasteiger partial charge on any atom is 0.342 e. The number of carbonyl (C=O) groups excluding carboxylic acids is 2. The first-order valence-electron chi connectivity index (χ1n) is 10.8. The van der Waals surface area contributed by atoms with E-state index in [0.717, 1.165) is 31.2 Å². The lowest BCUT2D eigenvalue weighted by atomic mass is 9.94. The van der Waals surface area contributed by atoms with Crippen molar-refractivity contribution in [3.8, 4) is 11.5 Å². The van der Waals surface area contributed by atoms with Crippen LogP contribution in [0.25, 0.3) is 0 Å². The second kappa shape index (κ2) is 11.8. The molecule has 6 heteroatoms. The van der Waals surface area contributed by atoms with E-state index in [2.05, 4.69) is 6.92 Å². The Kier molecular flexibility index (Phi) is 9.45. The molecule has 0 saturated heterocycles. The topological polar surface area (TPSA) is 93.1 Å². The summed E-state index contributed by atoms with van der Waals surface area (Å²) >= 11 is 0. The number of ketones is 1. The molecular formula is C23H34O6. The van der Waals surface area contributed by atoms with Crippen LogP contribution in [0, 0.1) is 0 Å². The largest absolute Gasteiger partial charge is 0.507 e. The van der Waals surface area contributed by atoms with Gasteiger partial charge in [-0.1, -0.05) is 39.0 Å². The van der Waals surface area contributed by atoms with Crippen molar-refractivity contribution in [1.82, 2.24) is 0 Å². The summed E-state index contributed by atoms with van der Waals surface area (Å²) in [6, 6.07) is 3.16. The normalized spacial score (nSPS) is 16.8. The summed E-state index contributed by atoms with van der Waals surface area (Å²) in [5, 5.41) is 20.0. The smallest absolute Gasteiger partial charge is 0.342 e. The number of ether oxygens (including phenoxy) is 2. The highest BCUT2D eigenvalue weighted by Gasteiger charge is 2.29. The number of phenolic OH excluding ortho intramolecular Hbond substituents is 1. The van der Waals surface area contributed by atoms with Crippen molar-refractivity contribution in [1.29, 1.82) is 0 Å². The molecule has 2 N–H and O–H groups in total. The van der Waals surface area contributed by atoms with Gasteiger partial charge in [-0.05, 0) is 37.3 Å². The van der Waals surface area contributed by atoms with Crippen LogP contribution in [0.2, 0.25) is 0 Å². The summed E-state index contributed by atoms with van der Waals surface area (Å²) in [5.74, 6) is -0.242. The second-order valence-electron chi connectivity index (χ2n) is 7.84. The number of fused-ring (bicyclic) bond motifs is 1. The lowest BCUT2D eigenvalue weighted by Gasteiger charge is -2.25. The van der Waals surface area contributed by atoms with E-state index < -0.39 is 12.1 Å². The number of unbranched alkanes of at least 4 members (excludes halogenated alkanes) is 5. The minimum absolute atomic E-state index is 0.0962. The minimum Gasteiger partial charge on any atom is -0.507 e. The summed E-state index contributed by atoms with van der Waals surface area (Å²) in [5.41, 5.74) is 0.928. The van der Waals surface area contributed by atoms with Crippen LogP contribution < -0.4 is 4.74 Å². The first-order valence-corrected chi connectivity index (χ1v) is 10.8. The number of aliphatic hydroxyl groups excluding tert-OH is 1. The molecule has 0 bridgehead atoms. The van der Waals surface area contributed by atoms with Gasteiger partial charge < -0.3 is 19.7 Å². The van der Waals surface area contributed by atoms with Crippen molar-refractivity contribution in [3.05, 3.63) is 23.3 Å². The van der Waals surface area contributed by atoms with Gasteiger partial charge in [0.05, 0.1) is 7.11 Å². The lowest BCUT2D eigenvalue weighted by molar-refractivity contribution is -0.127. The van der Waals surface area contributed by atoms with E-state index in [-0.39, 0.29) is 23.2 Å². The third kappa shape index (κ3) is 7.03. The Balaban J connectivity index is 1.71. The molecule has 6 nitrogen and oxygen atoms in total. The predicted octanol–water partition coefficient (Wildman–Crippen LogP) is 4.33. The Morgan fingerprint density at radius 1 is 1.21 bits per heavy atom. The van der Waals surface area contributed by atoms with Crippen LogP contribution in [-0.2, 0) is 16.0 Å². The number of cyclic esters (lactones) is 1. The van der Waals surface area contributed by atoms with Gasteiger partial charge in [0.15, 0.2) is 5.78 Å². The number of phenols is 1. The van der Waals surface area contributed by atoms with Crippen LogP contribution in [0.3, 0.4) is 0 Å². The van der Waals surface area contributed by atoms with E-state index in [1.807, 2.05) is 0 Å². The third-order valence-electron chi connectivity index (χ3n) is 5.49. The minimum atomic E-state index is -0.855. The SMILES string of the molecule is CCCCCCC[C@@H](O)C(=O)CCCC[C@@H]1Cc2cc(OC)cc(O)c2C(=O)O1. The van der Waals surface area contributed by atoms with E-state index in [0.29, 0.717) is 37.9 Å². The molecule has 0 spiro atoms. The molecule has 29 heavy (non-hydrogen) atoms. The van der Waals surface area contributed by atoms with Gasteiger partial charge in [-0.25, -0.2) is 4.79 Å². The molecule has 162 valence electrons. The number of esters is 1. The summed E-state index contributed by atoms with van der Waals surface area (Å²) in [6.07, 6.45) is 7.81. The number of rotatable bonds is 13. The van der Waals surface area contributed by atoms with Crippen molar-refractivity contribution in [3.63, 3.8) is 0 Å². The average molecular weight is 407 g/mol. The number of Topliss-reactive ketones (excluding diaryl/α,β-unsaturated/α-hetero) is 1. The number of hydrogen-bond donors (Lipinski definition) is 2. The van der Waals surface area contributed by atoms with Crippen LogP contribution in [0.5, 0.6) is 11.5 Å². The first kappa shape index (κ1) is 23.2. The number of hydrogen-bond acceptors (Lipinski definition) is 6. The van der Waals surface area contributed by atoms with Crippen LogP contribution in [0.1, 0.15) is 87.1 Å². The van der Waals surface area contributed by atoms with Crippen molar-refractivity contribution in [2.75, 3.05) is 7.11 Å². The van der Waals surface area contributed by atoms with Gasteiger partial charge in [-0.3, -0.25) is 4.79 Å². The third-order valence-corrected chi connectivity index (χ3v) is 5.49. The molecule has 1 aliphatic rings. The highest BCUT2D eigenvalue weighted by atomic mass is 16.5. The zero-order chi connectivity index (χ0) is 21.2. The number of aromatic hydroxyl groups is 1. The van der Waals surface area contributed by atoms with E-state index in [9.17, 15) is 19.8 Å². The molecular weight excluding hydrogens is 372 g/mol. The van der Waals surface area contributed by atoms with Gasteiger partial charge in [-0.2, -0.15) is 0 Å². The predicted molar refractivity (Wildman–Crippen MR) is 110 cm³/mol. The van der Waals surface area contributed by atoms with Gasteiger partial charge in [0, 0.05) is 18.9 Å². The standard InChI is InChI=1S/C23H34O6/c1-3-4-5-6-7-11-19(24)20(25)12-9-8-10-17-13-16-14-18(28-2)15-21(26)22(16)23(27)29-17/h14-15,17,19,24,26H,3-13H2,1-2H3/t17-,19-/m1/s1. The summed E-state index contributed by atoms with van der Waals surface area (Å²) < 4.78 is 10.6. The Hall–Kier alpha value is -2.08. The average Bonchev–Trinajstić information content (AvgIpc) is 2.70. The lowest BCUT2D eigenvalue weighted by Crippen LogP contribution is -2.28. The van der Waals surface area contributed by atoms with E-state index >= 15 is 0 Å². The molecule has 0 amide bonds. The molecule has 0 unspecified atom stereocenters. The van der Waals surface area contributed by atoms with Gasteiger partial charge >= 0.3 is 5.97 Å². The Labute approximate surface area is 173 Å². The highest BCUT2D eigenvalue weighted by molar-refractivity contribution is 5.95. The Morgan fingerprint density at radius 2 is 1.97 bits per heavy atom. The zero-order valence-electron chi connectivity index (χ0n) is 17.6. The first-order chi connectivity index (χ1) is 14.0. The fourth-order valence-electron chi connectivity index (χ4n) is 3.77. The van der Waals surface area contributed by atoms with E-state index in [1.165, 1.54) is 26.0 Å². The van der Waals surface area contributed by atoms with Crippen molar-refractivity contribution < 1.29 is 29.3 Å². The Bertz CT molecular complexity index is 684. The van der Waals surface area contributed by atoms with Crippen LogP contribution >= 0.6 is 0 Å². The molecule has 1 heterocycles. The molecule has 1 aromatic rings. The molecule has 2 rings (SSSR count). The zero-order valence-corrected chi connectivity index (χ0v) is 17.6. The van der Waals surface area contributed by atoms with Crippen molar-refractivity contribution in [2.45, 2.75) is 89.8 Å². The van der Waals surface area contributed by atoms with E-state index in [1.54, 1.807) is 6.07 Å². The number of aliphatic hydroxyl groups is 1. The number of carbonyl (C=O) groups is 2. The molecule has 0 fully saturated rings. The second-order valence-corrected chi connectivity index (χ2v) is 7.84. The molecule has 0 radical (unpaired) electrons. The van der Waals surface area contributed by atoms with Crippen LogP contribution in [0.15, 0.2) is 12.1 Å². The van der Waals surface area contributed by atoms with Gasteiger partial charge in [0.2, 0.25) is 0 Å². The molecule has 1 aromatic carbocycles. The summed E-state index contributed by atoms with van der Waals surface area (Å²) in [4.78, 5) is 24.3. The van der Waals surface area contributed by atoms with Crippen molar-refractivity contribution >= 4 is 11.8 Å². The maximum atomic E-state index is 12.2. The Morgan fingerprint density at radius 3 is 2.69 bits per heavy atom. The molecule has 2 atom stereocenters. The molecule has 0 saturated carbocycles. The molecule has 0 aliphatic carbocycles. The molecule has 0 aromatic heterocycles. The maximum absolute atomic E-state index is 12.2. The monoisotopic (exact) mass is 406 g/mol. The summed E-state index contributed by atoms with van der Waals surface area (Å²) in [6.45, 7) is 2.16. The van der Waals surface area contributed by atoms with Crippen LogP contribution in [-0.4, -0.2) is 41.3 Å². The van der Waals surface area contributed by atoms with Gasteiger partial charge in [0.1, 0.15) is 29.3 Å². The number of benzene rings is 1. The number of methoxy groups -OCH3 is 1. The molecule has 1 aliphatic heterocycles. The quantitative estimate of drug-likeness (QED) is 0.374. The summed E-state index contributed by atoms with van der Waals surface area (Å²) in [7, 11) is 1.51. The van der Waals surface area contributed by atoms with E-state index in [4.69, 9.17) is 9.47 Å².